The third kappa shape index (κ3) is 8.71. The minimum absolute atomic E-state index is 0.00891. The van der Waals surface area contributed by atoms with Crippen LogP contribution in [-0.4, -0.2) is 106 Å². The van der Waals surface area contributed by atoms with Crippen LogP contribution in [-0.2, 0) is 44.9 Å². The summed E-state index contributed by atoms with van der Waals surface area (Å²) < 4.78 is 62.5. The lowest BCUT2D eigenvalue weighted by molar-refractivity contribution is -0.0909. The molecule has 3 N–H and O–H groups in total. The third-order valence-electron chi connectivity index (χ3n) is 9.25. The Hall–Kier alpha value is -3.31. The maximum atomic E-state index is 14.0. The second kappa shape index (κ2) is 15.7. The second-order valence-electron chi connectivity index (χ2n) is 13.3. The van der Waals surface area contributed by atoms with Crippen molar-refractivity contribution in [3.8, 4) is 0 Å². The summed E-state index contributed by atoms with van der Waals surface area (Å²) in [5.74, 6) is -0.138. The molecule has 2 aromatic rings. The van der Waals surface area contributed by atoms with Gasteiger partial charge in [-0.05, 0) is 55.0 Å². The Balaban J connectivity index is 1.11. The molecule has 0 radical (unpaired) electrons. The van der Waals surface area contributed by atoms with Gasteiger partial charge in [-0.2, -0.15) is 4.31 Å². The van der Waals surface area contributed by atoms with Crippen LogP contribution in [0.3, 0.4) is 0 Å². The van der Waals surface area contributed by atoms with E-state index in [1.165, 1.54) is 28.6 Å². The van der Waals surface area contributed by atoms with Crippen LogP contribution in [0.25, 0.3) is 0 Å². The molecule has 4 aliphatic heterocycles. The van der Waals surface area contributed by atoms with Gasteiger partial charge in [-0.1, -0.05) is 44.2 Å². The van der Waals surface area contributed by atoms with E-state index in [-0.39, 0.29) is 68.0 Å². The molecular weight excluding hydrogens is 658 g/mol. The molecule has 2 amide bonds. The summed E-state index contributed by atoms with van der Waals surface area (Å²) in [6.07, 6.45) is -2.63. The number of hydrogen-bond acceptors (Lipinski definition) is 11. The van der Waals surface area contributed by atoms with E-state index in [9.17, 15) is 23.1 Å². The predicted octanol–water partition coefficient (Wildman–Crippen LogP) is 3.10. The van der Waals surface area contributed by atoms with Crippen LogP contribution in [0.15, 0.2) is 59.5 Å². The average Bonchev–Trinajstić information content (AvgIpc) is 3.87. The van der Waals surface area contributed by atoms with Gasteiger partial charge in [0.05, 0.1) is 55.3 Å². The maximum absolute atomic E-state index is 14.0. The van der Waals surface area contributed by atoms with E-state index in [0.717, 1.165) is 12.0 Å². The van der Waals surface area contributed by atoms with Crippen molar-refractivity contribution < 1.29 is 51.5 Å². The lowest BCUT2D eigenvalue weighted by atomic mass is 10.0. The number of anilines is 1. The predicted molar refractivity (Wildman–Crippen MR) is 175 cm³/mol. The molecule has 0 spiro atoms. The number of nitrogens with one attached hydrogen (secondary N) is 2. The van der Waals surface area contributed by atoms with Crippen molar-refractivity contribution in [2.24, 2.45) is 17.8 Å². The normalized spacial score (nSPS) is 27.4. The second-order valence-corrected chi connectivity index (χ2v) is 15.2. The Morgan fingerprint density at radius 2 is 1.45 bits per heavy atom. The summed E-state index contributed by atoms with van der Waals surface area (Å²) in [6.45, 7) is 5.15. The van der Waals surface area contributed by atoms with Crippen molar-refractivity contribution in [2.75, 3.05) is 44.8 Å². The quantitative estimate of drug-likeness (QED) is 0.280. The average molecular weight is 704 g/mol. The smallest absolute Gasteiger partial charge is 0.411 e. The minimum Gasteiger partial charge on any atom is -0.443 e. The first-order valence-corrected chi connectivity index (χ1v) is 18.2. The zero-order valence-electron chi connectivity index (χ0n) is 27.6. The third-order valence-corrected chi connectivity index (χ3v) is 11.1. The number of hydrogen-bond donors (Lipinski definition) is 3. The van der Waals surface area contributed by atoms with Gasteiger partial charge in [0.25, 0.3) is 0 Å². The van der Waals surface area contributed by atoms with E-state index < -0.39 is 46.6 Å². The molecule has 268 valence electrons. The van der Waals surface area contributed by atoms with Crippen LogP contribution < -0.4 is 10.6 Å². The van der Waals surface area contributed by atoms with Crippen LogP contribution in [0, 0.1) is 17.8 Å². The minimum atomic E-state index is -4.10. The summed E-state index contributed by atoms with van der Waals surface area (Å²) in [5, 5.41) is 17.0. The fourth-order valence-corrected chi connectivity index (χ4v) is 8.35. The van der Waals surface area contributed by atoms with E-state index >= 15 is 0 Å². The highest BCUT2D eigenvalue weighted by Gasteiger charge is 2.45. The molecule has 4 heterocycles. The number of ether oxygens (including phenoxy) is 6. The number of benzene rings is 2. The van der Waals surface area contributed by atoms with E-state index in [2.05, 4.69) is 10.6 Å². The summed E-state index contributed by atoms with van der Waals surface area (Å²) in [7, 11) is -4.10. The number of fused-ring (bicyclic) bond motifs is 2. The number of carbonyl (C=O) groups is 2. The number of aliphatic hydroxyl groups is 1. The fraction of sp³-hybridized carbons (Fsp3) is 0.588. The molecule has 0 saturated carbocycles. The standard InChI is InChI=1S/C34H45N3O11S/c1-21(2)17-37(49(41,42)24-10-8-23(9-11-24)35-33(39)47-29-19-45-31-25(29)12-14-43-31)18-28(38)27(16-22-6-4-3-5-7-22)36-34(40)48-30-20-46-32-26(30)13-15-44-32/h3-11,21,25-32,38H,12-20H2,1-2H3,(H,35,39)(H,36,40)/t25-,26+,27+,28-,29?,30?,31+,32-/m1/s1. The van der Waals surface area contributed by atoms with E-state index in [0.29, 0.717) is 25.3 Å². The first-order valence-electron chi connectivity index (χ1n) is 16.8. The van der Waals surface area contributed by atoms with Gasteiger partial charge in [-0.25, -0.2) is 18.0 Å². The molecule has 2 unspecified atom stereocenters. The van der Waals surface area contributed by atoms with Gasteiger partial charge in [0.2, 0.25) is 10.0 Å². The van der Waals surface area contributed by atoms with E-state index in [1.807, 2.05) is 44.2 Å². The van der Waals surface area contributed by atoms with Gasteiger partial charge in [-0.15, -0.1) is 0 Å². The number of alkyl carbamates (subject to hydrolysis) is 1. The van der Waals surface area contributed by atoms with Gasteiger partial charge in [0, 0.05) is 18.8 Å². The summed E-state index contributed by atoms with van der Waals surface area (Å²) >= 11 is 0. The fourth-order valence-electron chi connectivity index (χ4n) is 6.73. The van der Waals surface area contributed by atoms with Crippen molar-refractivity contribution in [3.05, 3.63) is 60.2 Å². The number of carbonyl (C=O) groups excluding carboxylic acids is 2. The number of amides is 2. The highest BCUT2D eigenvalue weighted by atomic mass is 32.2. The number of aliphatic hydroxyl groups excluding tert-OH is 1. The van der Waals surface area contributed by atoms with Crippen molar-refractivity contribution in [3.63, 3.8) is 0 Å². The molecule has 0 aromatic heterocycles. The van der Waals surface area contributed by atoms with Gasteiger partial charge in [0.1, 0.15) is 12.2 Å². The van der Waals surface area contributed by atoms with Crippen LogP contribution >= 0.6 is 0 Å². The van der Waals surface area contributed by atoms with Crippen molar-refractivity contribution in [1.82, 2.24) is 9.62 Å². The highest BCUT2D eigenvalue weighted by molar-refractivity contribution is 7.89. The molecule has 4 saturated heterocycles. The molecule has 0 bridgehead atoms. The number of rotatable bonds is 13. The van der Waals surface area contributed by atoms with Crippen molar-refractivity contribution in [2.45, 2.75) is 74.9 Å². The Morgan fingerprint density at radius 1 is 0.857 bits per heavy atom. The molecule has 8 atom stereocenters. The Bertz CT molecular complexity index is 1530. The van der Waals surface area contributed by atoms with Gasteiger partial charge in [0.15, 0.2) is 12.6 Å². The molecule has 0 aliphatic carbocycles. The van der Waals surface area contributed by atoms with Gasteiger partial charge >= 0.3 is 12.2 Å². The first kappa shape index (κ1) is 35.5. The topological polar surface area (TPSA) is 171 Å². The summed E-state index contributed by atoms with van der Waals surface area (Å²) in [5.41, 5.74) is 1.20. The monoisotopic (exact) mass is 703 g/mol. The number of sulfonamides is 1. The Kier molecular flexibility index (Phi) is 11.4. The lowest BCUT2D eigenvalue weighted by Crippen LogP contribution is -2.51. The molecule has 15 heteroatoms. The van der Waals surface area contributed by atoms with E-state index in [1.54, 1.807) is 0 Å². The molecule has 2 aromatic carbocycles. The molecule has 4 aliphatic rings. The SMILES string of the molecule is CC(C)CN(C[C@@H](O)[C@H](Cc1ccccc1)NC(=O)OC1CO[C@H]2OCC[C@@H]12)S(=O)(=O)c1ccc(NC(=O)OC2CO[C@@H]3OCC[C@H]23)cc1. The zero-order valence-corrected chi connectivity index (χ0v) is 28.5. The molecule has 49 heavy (non-hydrogen) atoms. The molecule has 14 nitrogen and oxygen atoms in total. The maximum Gasteiger partial charge on any atom is 0.411 e. The van der Waals surface area contributed by atoms with Gasteiger partial charge in [-0.3, -0.25) is 5.32 Å². The lowest BCUT2D eigenvalue weighted by Gasteiger charge is -2.31. The van der Waals surface area contributed by atoms with Crippen molar-refractivity contribution >= 4 is 27.9 Å². The Labute approximate surface area is 286 Å². The first-order chi connectivity index (χ1) is 23.6. The van der Waals surface area contributed by atoms with Crippen LogP contribution in [0.1, 0.15) is 32.3 Å². The summed E-state index contributed by atoms with van der Waals surface area (Å²) in [6, 6.07) is 14.2. The molecular formula is C34H45N3O11S. The zero-order chi connectivity index (χ0) is 34.5. The van der Waals surface area contributed by atoms with Crippen LogP contribution in [0.2, 0.25) is 0 Å². The number of nitrogens with zero attached hydrogens (tertiary/aromatic N) is 1. The Morgan fingerprint density at radius 3 is 2.04 bits per heavy atom. The van der Waals surface area contributed by atoms with E-state index in [4.69, 9.17) is 28.4 Å². The highest BCUT2D eigenvalue weighted by Crippen LogP contribution is 2.34. The van der Waals surface area contributed by atoms with Crippen LogP contribution in [0.5, 0.6) is 0 Å². The van der Waals surface area contributed by atoms with Crippen LogP contribution in [0.4, 0.5) is 15.3 Å². The molecule has 4 fully saturated rings. The largest absolute Gasteiger partial charge is 0.443 e. The molecule has 6 rings (SSSR count). The summed E-state index contributed by atoms with van der Waals surface area (Å²) in [4.78, 5) is 25.7. The van der Waals surface area contributed by atoms with Gasteiger partial charge < -0.3 is 38.8 Å². The van der Waals surface area contributed by atoms with Crippen molar-refractivity contribution in [1.29, 1.82) is 0 Å².